The summed E-state index contributed by atoms with van der Waals surface area (Å²) in [5.41, 5.74) is 0.974. The van der Waals surface area contributed by atoms with Gasteiger partial charge in [0.25, 0.3) is 11.8 Å². The van der Waals surface area contributed by atoms with Crippen LogP contribution in [0, 0.1) is 0 Å². The fraction of sp³-hybridized carbons (Fsp3) is 0.571. The van der Waals surface area contributed by atoms with Gasteiger partial charge >= 0.3 is 0 Å². The Morgan fingerprint density at radius 2 is 2.14 bits per heavy atom. The molecule has 5 nitrogen and oxygen atoms in total. The molecule has 5 rings (SSSR count). The average molecular weight is 324 g/mol. The molecule has 1 spiro atoms. The molecular weight excluding hydrogens is 308 g/mol. The Labute approximate surface area is 130 Å². The second-order valence-corrected chi connectivity index (χ2v) is 8.55. The number of allylic oxidation sites excluding steroid dienone is 2. The molecule has 5 aliphatic rings. The van der Waals surface area contributed by atoms with Crippen LogP contribution in [0.1, 0.15) is 19.8 Å². The number of carbonyl (C=O) groups excluding carboxylic acids is 2. The molecule has 4 unspecified atom stereocenters. The summed E-state index contributed by atoms with van der Waals surface area (Å²) >= 11 is 0. The lowest BCUT2D eigenvalue weighted by atomic mass is 9.97. The van der Waals surface area contributed by atoms with Crippen molar-refractivity contribution in [2.24, 2.45) is 0 Å². The van der Waals surface area contributed by atoms with Gasteiger partial charge in [-0.25, -0.2) is 0 Å². The Bertz CT molecular complexity index is 619. The van der Waals surface area contributed by atoms with Crippen molar-refractivity contribution in [3.63, 3.8) is 0 Å². The van der Waals surface area contributed by atoms with Crippen LogP contribution in [0.5, 0.6) is 0 Å². The zero-order valence-corrected chi connectivity index (χ0v) is 13.4. The van der Waals surface area contributed by atoms with Crippen molar-refractivity contribution in [3.8, 4) is 0 Å². The smallest absolute Gasteiger partial charge is 0.262 e. The monoisotopic (exact) mass is 324 g/mol. The van der Waals surface area contributed by atoms with E-state index in [0.717, 1.165) is 5.57 Å². The van der Waals surface area contributed by atoms with Crippen LogP contribution in [0.4, 0.5) is 0 Å². The van der Waals surface area contributed by atoms with Crippen LogP contribution in [0.25, 0.3) is 0 Å². The lowest BCUT2D eigenvalue weighted by molar-refractivity contribution is -0.166. The molecule has 1 N–H and O–H groups in total. The number of aliphatic hydroxyl groups is 1. The number of aliphatic hydroxyl groups excluding tert-OH is 1. The topological polar surface area (TPSA) is 60.9 Å². The van der Waals surface area contributed by atoms with E-state index in [2.05, 4.69) is 0 Å². The van der Waals surface area contributed by atoms with Crippen LogP contribution >= 0.6 is 21.6 Å². The predicted octanol–water partition coefficient (Wildman–Crippen LogP) is 1.11. The molecule has 112 valence electrons. The number of hydrogen-bond acceptors (Lipinski definition) is 5. The molecule has 0 aromatic carbocycles. The molecule has 4 fully saturated rings. The SMILES string of the molecule is CCC12SSC3(CC4=CC=CC(O)C4N3C1=O)C(=O)N2C. The zero-order chi connectivity index (χ0) is 15.0. The third kappa shape index (κ3) is 1.36. The van der Waals surface area contributed by atoms with E-state index >= 15 is 0 Å². The van der Waals surface area contributed by atoms with E-state index in [0.29, 0.717) is 12.8 Å². The van der Waals surface area contributed by atoms with Gasteiger partial charge in [-0.2, -0.15) is 0 Å². The normalized spacial score (nSPS) is 44.0. The highest BCUT2D eigenvalue weighted by Gasteiger charge is 2.72. The molecule has 1 aliphatic carbocycles. The molecule has 4 saturated heterocycles. The minimum Gasteiger partial charge on any atom is -0.387 e. The fourth-order valence-corrected chi connectivity index (χ4v) is 7.62. The van der Waals surface area contributed by atoms with Gasteiger partial charge in [-0.05, 0) is 12.0 Å². The molecule has 2 amide bonds. The number of likely N-dealkylation sites (N-methyl/N-ethyl adjacent to an activating group) is 1. The second kappa shape index (κ2) is 4.08. The van der Waals surface area contributed by atoms with E-state index in [9.17, 15) is 14.7 Å². The lowest BCUT2D eigenvalue weighted by Crippen LogP contribution is -2.76. The summed E-state index contributed by atoms with van der Waals surface area (Å²) in [5, 5.41) is 10.3. The van der Waals surface area contributed by atoms with E-state index in [1.807, 2.05) is 19.1 Å². The molecule has 0 aromatic heterocycles. The Morgan fingerprint density at radius 3 is 2.86 bits per heavy atom. The Kier molecular flexibility index (Phi) is 2.67. The van der Waals surface area contributed by atoms with Crippen molar-refractivity contribution in [2.45, 2.75) is 41.7 Å². The Hall–Kier alpha value is -0.920. The number of piperazine rings is 1. The van der Waals surface area contributed by atoms with Crippen LogP contribution in [0.15, 0.2) is 23.8 Å². The van der Waals surface area contributed by atoms with E-state index in [1.54, 1.807) is 22.9 Å². The minimum absolute atomic E-state index is 0.0183. The number of carbonyl (C=O) groups is 2. The van der Waals surface area contributed by atoms with Gasteiger partial charge in [0.2, 0.25) is 0 Å². The Morgan fingerprint density at radius 1 is 1.38 bits per heavy atom. The summed E-state index contributed by atoms with van der Waals surface area (Å²) in [6.45, 7) is 1.93. The molecule has 0 radical (unpaired) electrons. The number of fused-ring (bicyclic) bond motifs is 3. The number of hydrogen-bond donors (Lipinski definition) is 1. The van der Waals surface area contributed by atoms with Crippen molar-refractivity contribution in [2.75, 3.05) is 7.05 Å². The molecular formula is C14H16N2O3S2. The van der Waals surface area contributed by atoms with E-state index < -0.39 is 15.8 Å². The molecule has 4 atom stereocenters. The molecule has 4 heterocycles. The summed E-state index contributed by atoms with van der Waals surface area (Å²) in [7, 11) is 4.71. The van der Waals surface area contributed by atoms with Gasteiger partial charge in [-0.15, -0.1) is 0 Å². The van der Waals surface area contributed by atoms with Crippen molar-refractivity contribution in [1.29, 1.82) is 0 Å². The van der Waals surface area contributed by atoms with E-state index in [-0.39, 0.29) is 17.9 Å². The first-order valence-electron chi connectivity index (χ1n) is 7.02. The average Bonchev–Trinajstić information content (AvgIpc) is 2.83. The quantitative estimate of drug-likeness (QED) is 0.732. The highest BCUT2D eigenvalue weighted by Crippen LogP contribution is 2.65. The van der Waals surface area contributed by atoms with Gasteiger partial charge in [-0.1, -0.05) is 46.7 Å². The molecule has 7 heteroatoms. The summed E-state index contributed by atoms with van der Waals surface area (Å²) in [6.07, 6.45) is 5.77. The third-order valence-electron chi connectivity index (χ3n) is 4.96. The van der Waals surface area contributed by atoms with Crippen LogP contribution in [0.2, 0.25) is 0 Å². The summed E-state index contributed by atoms with van der Waals surface area (Å²) < 4.78 is 0. The highest BCUT2D eigenvalue weighted by atomic mass is 33.1. The maximum absolute atomic E-state index is 13.1. The maximum Gasteiger partial charge on any atom is 0.262 e. The van der Waals surface area contributed by atoms with Crippen molar-refractivity contribution < 1.29 is 14.7 Å². The third-order valence-corrected chi connectivity index (χ3v) is 8.76. The minimum atomic E-state index is -0.878. The molecule has 0 saturated carbocycles. The zero-order valence-electron chi connectivity index (χ0n) is 11.8. The van der Waals surface area contributed by atoms with Gasteiger partial charge in [-0.3, -0.25) is 9.59 Å². The predicted molar refractivity (Wildman–Crippen MR) is 82.2 cm³/mol. The summed E-state index contributed by atoms with van der Waals surface area (Å²) in [6, 6.07) is -0.389. The number of amides is 2. The summed E-state index contributed by atoms with van der Waals surface area (Å²) in [5.74, 6) is -0.0613. The van der Waals surface area contributed by atoms with Gasteiger partial charge < -0.3 is 14.9 Å². The lowest BCUT2D eigenvalue weighted by Gasteiger charge is -2.58. The first-order chi connectivity index (χ1) is 9.98. The van der Waals surface area contributed by atoms with Crippen LogP contribution < -0.4 is 0 Å². The second-order valence-electron chi connectivity index (χ2n) is 5.87. The van der Waals surface area contributed by atoms with Gasteiger partial charge in [0.1, 0.15) is 0 Å². The summed E-state index contributed by atoms with van der Waals surface area (Å²) in [4.78, 5) is 27.6. The van der Waals surface area contributed by atoms with Gasteiger partial charge in [0.05, 0.1) is 12.1 Å². The number of nitrogens with zero attached hydrogens (tertiary/aromatic N) is 2. The van der Waals surface area contributed by atoms with Crippen molar-refractivity contribution >= 4 is 33.4 Å². The maximum atomic E-state index is 13.1. The Balaban J connectivity index is 1.90. The molecule has 2 bridgehead atoms. The molecule has 21 heavy (non-hydrogen) atoms. The molecule has 4 aliphatic heterocycles. The largest absolute Gasteiger partial charge is 0.387 e. The van der Waals surface area contributed by atoms with Gasteiger partial charge in [0, 0.05) is 13.5 Å². The van der Waals surface area contributed by atoms with Crippen molar-refractivity contribution in [1.82, 2.24) is 9.80 Å². The fourth-order valence-electron chi connectivity index (χ4n) is 3.79. The van der Waals surface area contributed by atoms with E-state index in [1.165, 1.54) is 21.6 Å². The van der Waals surface area contributed by atoms with Crippen LogP contribution in [0.3, 0.4) is 0 Å². The molecule has 0 aromatic rings. The standard InChI is InChI=1S/C14H16N2O3S2/c1-3-13-12(19)16-10-8(5-4-6-9(10)17)7-14(16,21-20-13)11(18)15(13)2/h4-6,9-10,17H,3,7H2,1-2H3. The number of rotatable bonds is 1. The van der Waals surface area contributed by atoms with Crippen LogP contribution in [-0.4, -0.2) is 55.7 Å². The van der Waals surface area contributed by atoms with Gasteiger partial charge in [0.15, 0.2) is 9.74 Å². The van der Waals surface area contributed by atoms with E-state index in [4.69, 9.17) is 0 Å². The van der Waals surface area contributed by atoms with Crippen molar-refractivity contribution in [3.05, 3.63) is 23.8 Å². The van der Waals surface area contributed by atoms with Crippen LogP contribution in [-0.2, 0) is 9.59 Å². The first kappa shape index (κ1) is 13.7. The highest BCUT2D eigenvalue weighted by molar-refractivity contribution is 8.78. The first-order valence-corrected chi connectivity index (χ1v) is 9.17.